The lowest BCUT2D eigenvalue weighted by Crippen LogP contribution is -2.45. The highest BCUT2D eigenvalue weighted by molar-refractivity contribution is 5.69. The molecule has 2 aromatic rings. The Labute approximate surface area is 124 Å². The summed E-state index contributed by atoms with van der Waals surface area (Å²) in [5.41, 5.74) is 2.69. The largest absolute Gasteiger partial charge is 0.387 e. The van der Waals surface area contributed by atoms with E-state index in [2.05, 4.69) is 21.7 Å². The molecule has 0 unspecified atom stereocenters. The lowest BCUT2D eigenvalue weighted by Gasteiger charge is -2.40. The maximum atomic E-state index is 11.3. The number of nitrogens with zero attached hydrogens (tertiary/aromatic N) is 2. The van der Waals surface area contributed by atoms with Gasteiger partial charge in [-0.2, -0.15) is 0 Å². The predicted molar refractivity (Wildman–Crippen MR) is 80.0 cm³/mol. The highest BCUT2D eigenvalue weighted by Gasteiger charge is 2.46. The maximum absolute atomic E-state index is 11.3. The Morgan fingerprint density at radius 2 is 2.05 bits per heavy atom. The smallest absolute Gasteiger partial charge is 0.0957 e. The molecule has 2 aliphatic rings. The van der Waals surface area contributed by atoms with Gasteiger partial charge in [-0.25, -0.2) is 4.98 Å². The van der Waals surface area contributed by atoms with E-state index in [9.17, 15) is 5.11 Å². The van der Waals surface area contributed by atoms with Crippen LogP contribution in [0.2, 0.25) is 0 Å². The topological polar surface area (TPSA) is 47.3 Å². The summed E-state index contributed by atoms with van der Waals surface area (Å²) in [6.45, 7) is 3.46. The van der Waals surface area contributed by atoms with Gasteiger partial charge < -0.3 is 14.4 Å². The highest BCUT2D eigenvalue weighted by Crippen LogP contribution is 2.48. The number of rotatable bonds is 2. The summed E-state index contributed by atoms with van der Waals surface area (Å²) in [6, 6.07) is 8.27. The molecule has 1 aromatic carbocycles. The van der Waals surface area contributed by atoms with Crippen molar-refractivity contribution in [2.45, 2.75) is 31.4 Å². The molecule has 0 saturated carbocycles. The maximum Gasteiger partial charge on any atom is 0.0957 e. The fourth-order valence-electron chi connectivity index (χ4n) is 3.94. The minimum Gasteiger partial charge on any atom is -0.387 e. The van der Waals surface area contributed by atoms with Gasteiger partial charge in [-0.1, -0.05) is 24.3 Å². The number of hydrogen-bond donors (Lipinski definition) is 1. The summed E-state index contributed by atoms with van der Waals surface area (Å²) in [5, 5.41) is 11.3. The van der Waals surface area contributed by atoms with Gasteiger partial charge in [0.05, 0.1) is 29.9 Å². The number of imidazole rings is 1. The van der Waals surface area contributed by atoms with Gasteiger partial charge in [0, 0.05) is 18.8 Å². The molecule has 0 amide bonds. The van der Waals surface area contributed by atoms with Gasteiger partial charge in [0.25, 0.3) is 0 Å². The van der Waals surface area contributed by atoms with E-state index in [4.69, 9.17) is 4.74 Å². The van der Waals surface area contributed by atoms with Crippen LogP contribution < -0.4 is 0 Å². The Morgan fingerprint density at radius 3 is 2.86 bits per heavy atom. The summed E-state index contributed by atoms with van der Waals surface area (Å²) < 4.78 is 7.58. The molecule has 0 spiro atoms. The van der Waals surface area contributed by atoms with Crippen molar-refractivity contribution in [3.05, 3.63) is 42.4 Å². The minimum atomic E-state index is -0.800. The van der Waals surface area contributed by atoms with Crippen LogP contribution in [0, 0.1) is 5.92 Å². The van der Waals surface area contributed by atoms with Gasteiger partial charge >= 0.3 is 0 Å². The van der Waals surface area contributed by atoms with Gasteiger partial charge in [0.15, 0.2) is 0 Å². The van der Waals surface area contributed by atoms with E-state index >= 15 is 0 Å². The van der Waals surface area contributed by atoms with E-state index < -0.39 is 5.60 Å². The van der Waals surface area contributed by atoms with Crippen LogP contribution in [0.3, 0.4) is 0 Å². The van der Waals surface area contributed by atoms with Crippen LogP contribution in [-0.2, 0) is 4.74 Å². The number of hydrogen-bond acceptors (Lipinski definition) is 3. The fourth-order valence-corrected chi connectivity index (χ4v) is 3.94. The first-order valence-electron chi connectivity index (χ1n) is 7.61. The average Bonchev–Trinajstić information content (AvgIpc) is 3.08. The Morgan fingerprint density at radius 1 is 1.29 bits per heavy atom. The summed E-state index contributed by atoms with van der Waals surface area (Å²) in [4.78, 5) is 4.28. The molecule has 110 valence electrons. The SMILES string of the molecule is C[C@](O)(C1CCOCC1)[C@H]1c2ccccc2-c2cncn21. The molecular weight excluding hydrogens is 264 g/mol. The summed E-state index contributed by atoms with van der Waals surface area (Å²) in [7, 11) is 0. The number of benzene rings is 1. The molecule has 1 fully saturated rings. The molecule has 0 bridgehead atoms. The van der Waals surface area contributed by atoms with E-state index in [0.29, 0.717) is 0 Å². The number of aromatic nitrogens is 2. The molecule has 1 saturated heterocycles. The van der Waals surface area contributed by atoms with Crippen molar-refractivity contribution in [2.24, 2.45) is 5.92 Å². The van der Waals surface area contributed by atoms with Gasteiger partial charge in [-0.05, 0) is 31.2 Å². The molecule has 3 heterocycles. The van der Waals surface area contributed by atoms with Gasteiger partial charge in [0.2, 0.25) is 0 Å². The Balaban J connectivity index is 1.81. The third kappa shape index (κ3) is 1.86. The lowest BCUT2D eigenvalue weighted by atomic mass is 9.76. The van der Waals surface area contributed by atoms with Crippen molar-refractivity contribution in [1.82, 2.24) is 9.55 Å². The van der Waals surface area contributed by atoms with Gasteiger partial charge in [-0.3, -0.25) is 0 Å². The number of ether oxygens (including phenoxy) is 1. The van der Waals surface area contributed by atoms with Crippen LogP contribution in [0.5, 0.6) is 0 Å². The molecule has 1 N–H and O–H groups in total. The zero-order valence-corrected chi connectivity index (χ0v) is 12.2. The second-order valence-electron chi connectivity index (χ2n) is 6.29. The molecular formula is C17H20N2O2. The molecule has 2 aliphatic heterocycles. The average molecular weight is 284 g/mol. The predicted octanol–water partition coefficient (Wildman–Crippen LogP) is 2.63. The normalized spacial score (nSPS) is 24.4. The fraction of sp³-hybridized carbons (Fsp3) is 0.471. The molecule has 2 atom stereocenters. The first-order chi connectivity index (χ1) is 10.2. The van der Waals surface area contributed by atoms with Crippen molar-refractivity contribution < 1.29 is 9.84 Å². The minimum absolute atomic E-state index is 0.0608. The summed E-state index contributed by atoms with van der Waals surface area (Å²) in [6.07, 6.45) is 5.55. The van der Waals surface area contributed by atoms with Crippen molar-refractivity contribution >= 4 is 0 Å². The van der Waals surface area contributed by atoms with E-state index in [1.807, 2.05) is 31.6 Å². The Hall–Kier alpha value is -1.65. The van der Waals surface area contributed by atoms with Crippen molar-refractivity contribution in [2.75, 3.05) is 13.2 Å². The number of aliphatic hydroxyl groups is 1. The van der Waals surface area contributed by atoms with E-state index in [-0.39, 0.29) is 12.0 Å². The quantitative estimate of drug-likeness (QED) is 0.922. The standard InChI is InChI=1S/C17H20N2O2/c1-17(20,12-6-8-21-9-7-12)16-14-5-3-2-4-13(14)15-10-18-11-19(15)16/h2-5,10-12,16,20H,6-9H2,1H3/t16-,17+/m1/s1. The van der Waals surface area contributed by atoms with Gasteiger partial charge in [0.1, 0.15) is 0 Å². The molecule has 1 aromatic heterocycles. The molecule has 21 heavy (non-hydrogen) atoms. The highest BCUT2D eigenvalue weighted by atomic mass is 16.5. The van der Waals surface area contributed by atoms with Crippen LogP contribution in [0.25, 0.3) is 11.3 Å². The second-order valence-corrected chi connectivity index (χ2v) is 6.29. The lowest BCUT2D eigenvalue weighted by molar-refractivity contribution is -0.0747. The van der Waals surface area contributed by atoms with E-state index in [1.54, 1.807) is 0 Å². The molecule has 0 aliphatic carbocycles. The van der Waals surface area contributed by atoms with Crippen LogP contribution >= 0.6 is 0 Å². The van der Waals surface area contributed by atoms with Crippen molar-refractivity contribution in [3.63, 3.8) is 0 Å². The molecule has 4 rings (SSSR count). The third-order valence-corrected chi connectivity index (χ3v) is 5.08. The molecule has 4 heteroatoms. The van der Waals surface area contributed by atoms with E-state index in [1.165, 1.54) is 11.1 Å². The molecule has 4 nitrogen and oxygen atoms in total. The first-order valence-corrected chi connectivity index (χ1v) is 7.61. The zero-order valence-electron chi connectivity index (χ0n) is 12.2. The first kappa shape index (κ1) is 13.0. The van der Waals surface area contributed by atoms with Crippen LogP contribution in [0.1, 0.15) is 31.4 Å². The second kappa shape index (κ2) is 4.68. The zero-order chi connectivity index (χ0) is 14.4. The number of fused-ring (bicyclic) bond motifs is 3. The summed E-state index contributed by atoms with van der Waals surface area (Å²) >= 11 is 0. The third-order valence-electron chi connectivity index (χ3n) is 5.08. The van der Waals surface area contributed by atoms with Crippen molar-refractivity contribution in [3.8, 4) is 11.3 Å². The van der Waals surface area contributed by atoms with E-state index in [0.717, 1.165) is 31.7 Å². The monoisotopic (exact) mass is 284 g/mol. The van der Waals surface area contributed by atoms with Crippen LogP contribution in [0.4, 0.5) is 0 Å². The van der Waals surface area contributed by atoms with Crippen molar-refractivity contribution in [1.29, 1.82) is 0 Å². The Kier molecular flexibility index (Phi) is 2.91. The summed E-state index contributed by atoms with van der Waals surface area (Å²) in [5.74, 6) is 0.248. The Bertz CT molecular complexity index is 656. The van der Waals surface area contributed by atoms with Gasteiger partial charge in [-0.15, -0.1) is 0 Å². The van der Waals surface area contributed by atoms with Crippen LogP contribution in [0.15, 0.2) is 36.8 Å². The van der Waals surface area contributed by atoms with Crippen LogP contribution in [-0.4, -0.2) is 33.5 Å². The molecule has 0 radical (unpaired) electrons.